The molecular weight excluding hydrogens is 330 g/mol. The average molecular weight is 354 g/mol. The molecule has 1 heterocycles. The van der Waals surface area contributed by atoms with Crippen molar-refractivity contribution in [1.29, 1.82) is 0 Å². The molecule has 1 aliphatic heterocycles. The average Bonchev–Trinajstić information content (AvgIpc) is 2.54. The van der Waals surface area contributed by atoms with E-state index in [0.717, 1.165) is 37.6 Å². The molecule has 1 aromatic rings. The Morgan fingerprint density at radius 2 is 2.14 bits per heavy atom. The third kappa shape index (κ3) is 6.18. The van der Waals surface area contributed by atoms with Gasteiger partial charge < -0.3 is 10.1 Å². The molecule has 2 rings (SSSR count). The van der Waals surface area contributed by atoms with Gasteiger partial charge in [0.1, 0.15) is 0 Å². The van der Waals surface area contributed by atoms with Crippen molar-refractivity contribution in [3.8, 4) is 0 Å². The predicted molar refractivity (Wildman–Crippen MR) is 88.7 cm³/mol. The minimum Gasteiger partial charge on any atom is -0.378 e. The zero-order valence-corrected chi connectivity index (χ0v) is 14.0. The van der Waals surface area contributed by atoms with Gasteiger partial charge >= 0.3 is 0 Å². The van der Waals surface area contributed by atoms with Gasteiger partial charge in [-0.25, -0.2) is 0 Å². The molecule has 1 aliphatic rings. The molecule has 3 nitrogen and oxygen atoms in total. The standard InChI is InChI=1S/C17H24BrNO2/c18-13-15(12-14-6-2-1-3-7-14)19-17(20)10-9-16-8-4-5-11-21-16/h1-3,6-7,15-16H,4-5,8-13H2,(H,19,20). The first-order chi connectivity index (χ1) is 10.3. The largest absolute Gasteiger partial charge is 0.378 e. The summed E-state index contributed by atoms with van der Waals surface area (Å²) in [6.45, 7) is 0.852. The molecule has 4 heteroatoms. The highest BCUT2D eigenvalue weighted by Gasteiger charge is 2.17. The summed E-state index contributed by atoms with van der Waals surface area (Å²) in [6, 6.07) is 10.4. The third-order valence-electron chi connectivity index (χ3n) is 3.84. The maximum Gasteiger partial charge on any atom is 0.220 e. The SMILES string of the molecule is O=C(CCC1CCCCO1)NC(CBr)Cc1ccccc1. The quantitative estimate of drug-likeness (QED) is 0.762. The molecule has 0 radical (unpaired) electrons. The van der Waals surface area contributed by atoms with Gasteiger partial charge in [-0.1, -0.05) is 46.3 Å². The van der Waals surface area contributed by atoms with Crippen LogP contribution in [-0.4, -0.2) is 30.0 Å². The third-order valence-corrected chi connectivity index (χ3v) is 4.63. The highest BCUT2D eigenvalue weighted by Crippen LogP contribution is 2.17. The molecule has 0 aromatic heterocycles. The van der Waals surface area contributed by atoms with Gasteiger partial charge in [-0.15, -0.1) is 0 Å². The molecule has 1 N–H and O–H groups in total. The number of amides is 1. The summed E-state index contributed by atoms with van der Waals surface area (Å²) in [5.74, 6) is 0.129. The van der Waals surface area contributed by atoms with Crippen LogP contribution in [0.5, 0.6) is 0 Å². The smallest absolute Gasteiger partial charge is 0.220 e. The summed E-state index contributed by atoms with van der Waals surface area (Å²) < 4.78 is 5.67. The van der Waals surface area contributed by atoms with Crippen LogP contribution in [0.1, 0.15) is 37.7 Å². The van der Waals surface area contributed by atoms with E-state index in [1.165, 1.54) is 12.0 Å². The molecule has 0 aliphatic carbocycles. The van der Waals surface area contributed by atoms with Gasteiger partial charge in [0.15, 0.2) is 0 Å². The molecule has 1 fully saturated rings. The second-order valence-corrected chi connectivity index (χ2v) is 6.28. The Labute approximate surface area is 135 Å². The molecule has 0 bridgehead atoms. The zero-order chi connectivity index (χ0) is 14.9. The number of benzene rings is 1. The number of hydrogen-bond donors (Lipinski definition) is 1. The van der Waals surface area contributed by atoms with E-state index in [0.29, 0.717) is 6.42 Å². The summed E-state index contributed by atoms with van der Waals surface area (Å²) in [5.41, 5.74) is 1.25. The fraction of sp³-hybridized carbons (Fsp3) is 0.588. The van der Waals surface area contributed by atoms with Crippen molar-refractivity contribution in [2.45, 2.75) is 50.7 Å². The maximum absolute atomic E-state index is 12.1. The molecule has 1 saturated heterocycles. The van der Waals surface area contributed by atoms with E-state index in [2.05, 4.69) is 33.4 Å². The number of alkyl halides is 1. The maximum atomic E-state index is 12.1. The first-order valence-electron chi connectivity index (χ1n) is 7.79. The van der Waals surface area contributed by atoms with Gasteiger partial charge in [0.25, 0.3) is 0 Å². The molecule has 0 spiro atoms. The van der Waals surface area contributed by atoms with Crippen LogP contribution in [0.3, 0.4) is 0 Å². The van der Waals surface area contributed by atoms with E-state index in [1.54, 1.807) is 0 Å². The number of rotatable bonds is 7. The number of hydrogen-bond acceptors (Lipinski definition) is 2. The number of carbonyl (C=O) groups is 1. The van der Waals surface area contributed by atoms with E-state index < -0.39 is 0 Å². The minimum atomic E-state index is 0.129. The van der Waals surface area contributed by atoms with Gasteiger partial charge in [-0.2, -0.15) is 0 Å². The fourth-order valence-corrected chi connectivity index (χ4v) is 3.06. The second kappa shape index (κ2) is 9.21. The van der Waals surface area contributed by atoms with Crippen LogP contribution in [0.2, 0.25) is 0 Å². The van der Waals surface area contributed by atoms with Crippen molar-refractivity contribution in [2.75, 3.05) is 11.9 Å². The van der Waals surface area contributed by atoms with E-state index in [1.807, 2.05) is 18.2 Å². The number of halogens is 1. The Kier molecular flexibility index (Phi) is 7.24. The summed E-state index contributed by atoms with van der Waals surface area (Å²) in [4.78, 5) is 12.1. The Bertz CT molecular complexity index is 418. The van der Waals surface area contributed by atoms with Crippen LogP contribution in [-0.2, 0) is 16.0 Å². The van der Waals surface area contributed by atoms with Crippen molar-refractivity contribution in [3.05, 3.63) is 35.9 Å². The fourth-order valence-electron chi connectivity index (χ4n) is 2.67. The number of ether oxygens (including phenoxy) is 1. The van der Waals surface area contributed by atoms with E-state index in [-0.39, 0.29) is 18.1 Å². The molecule has 116 valence electrons. The lowest BCUT2D eigenvalue weighted by Crippen LogP contribution is -2.38. The monoisotopic (exact) mass is 353 g/mol. The van der Waals surface area contributed by atoms with Crippen LogP contribution in [0.25, 0.3) is 0 Å². The summed E-state index contributed by atoms with van der Waals surface area (Å²) >= 11 is 3.49. The van der Waals surface area contributed by atoms with Crippen molar-refractivity contribution in [1.82, 2.24) is 5.32 Å². The summed E-state index contributed by atoms with van der Waals surface area (Å²) in [6.07, 6.45) is 6.02. The van der Waals surface area contributed by atoms with Crippen LogP contribution in [0.4, 0.5) is 0 Å². The number of nitrogens with one attached hydrogen (secondary N) is 1. The topological polar surface area (TPSA) is 38.3 Å². The second-order valence-electron chi connectivity index (χ2n) is 5.64. The van der Waals surface area contributed by atoms with Crippen molar-refractivity contribution >= 4 is 21.8 Å². The Balaban J connectivity index is 1.71. The van der Waals surface area contributed by atoms with Gasteiger partial charge in [0.05, 0.1) is 6.10 Å². The van der Waals surface area contributed by atoms with Crippen LogP contribution in [0, 0.1) is 0 Å². The van der Waals surface area contributed by atoms with Gasteiger partial charge in [-0.3, -0.25) is 4.79 Å². The van der Waals surface area contributed by atoms with E-state index in [4.69, 9.17) is 4.74 Å². The van der Waals surface area contributed by atoms with Crippen LogP contribution in [0.15, 0.2) is 30.3 Å². The molecular formula is C17H24BrNO2. The van der Waals surface area contributed by atoms with Crippen molar-refractivity contribution < 1.29 is 9.53 Å². The molecule has 21 heavy (non-hydrogen) atoms. The molecule has 2 atom stereocenters. The molecule has 0 saturated carbocycles. The Morgan fingerprint density at radius 3 is 2.81 bits per heavy atom. The minimum absolute atomic E-state index is 0.129. The highest BCUT2D eigenvalue weighted by atomic mass is 79.9. The zero-order valence-electron chi connectivity index (χ0n) is 12.4. The highest BCUT2D eigenvalue weighted by molar-refractivity contribution is 9.09. The normalized spacial score (nSPS) is 20.0. The first kappa shape index (κ1) is 16.5. The molecule has 2 unspecified atom stereocenters. The van der Waals surface area contributed by atoms with Crippen LogP contribution >= 0.6 is 15.9 Å². The lowest BCUT2D eigenvalue weighted by Gasteiger charge is -2.23. The molecule has 1 aromatic carbocycles. The summed E-state index contributed by atoms with van der Waals surface area (Å²) in [7, 11) is 0. The predicted octanol–water partition coefficient (Wildman–Crippen LogP) is 3.46. The van der Waals surface area contributed by atoms with E-state index in [9.17, 15) is 4.79 Å². The molecule has 1 amide bonds. The lowest BCUT2D eigenvalue weighted by atomic mass is 10.0. The first-order valence-corrected chi connectivity index (χ1v) is 8.91. The van der Waals surface area contributed by atoms with Gasteiger partial charge in [0.2, 0.25) is 5.91 Å². The van der Waals surface area contributed by atoms with Crippen molar-refractivity contribution in [2.24, 2.45) is 0 Å². The van der Waals surface area contributed by atoms with Gasteiger partial charge in [0, 0.05) is 24.4 Å². The van der Waals surface area contributed by atoms with E-state index >= 15 is 0 Å². The van der Waals surface area contributed by atoms with Crippen LogP contribution < -0.4 is 5.32 Å². The Morgan fingerprint density at radius 1 is 1.33 bits per heavy atom. The summed E-state index contributed by atoms with van der Waals surface area (Å²) in [5, 5.41) is 3.88. The van der Waals surface area contributed by atoms with Gasteiger partial charge in [-0.05, 0) is 37.7 Å². The van der Waals surface area contributed by atoms with Crippen molar-refractivity contribution in [3.63, 3.8) is 0 Å². The Hall–Kier alpha value is -0.870. The lowest BCUT2D eigenvalue weighted by molar-refractivity contribution is -0.122. The number of carbonyl (C=O) groups excluding carboxylic acids is 1.